The second-order valence-corrected chi connectivity index (χ2v) is 10.1. The van der Waals surface area contributed by atoms with Gasteiger partial charge in [0.05, 0.1) is 18.8 Å². The number of benzene rings is 1. The highest BCUT2D eigenvalue weighted by Crippen LogP contribution is 2.41. The van der Waals surface area contributed by atoms with Crippen LogP contribution in [0.1, 0.15) is 62.2 Å². The minimum atomic E-state index is -0.838. The minimum Gasteiger partial charge on any atom is -0.348 e. The molecule has 0 N–H and O–H groups in total. The van der Waals surface area contributed by atoms with Gasteiger partial charge in [-0.15, -0.1) is 0 Å². The lowest BCUT2D eigenvalue weighted by Crippen LogP contribution is -2.45. The van der Waals surface area contributed by atoms with Gasteiger partial charge in [-0.05, 0) is 56.8 Å². The molecule has 0 aromatic heterocycles. The van der Waals surface area contributed by atoms with Crippen molar-refractivity contribution in [2.24, 2.45) is 17.0 Å². The summed E-state index contributed by atoms with van der Waals surface area (Å²) in [5.74, 6) is -0.481. The van der Waals surface area contributed by atoms with Gasteiger partial charge in [-0.2, -0.15) is 0 Å². The maximum absolute atomic E-state index is 13.4. The van der Waals surface area contributed by atoms with E-state index in [2.05, 4.69) is 17.0 Å². The van der Waals surface area contributed by atoms with Crippen LogP contribution in [0.2, 0.25) is 0 Å². The van der Waals surface area contributed by atoms with E-state index < -0.39 is 17.9 Å². The predicted octanol–water partition coefficient (Wildman–Crippen LogP) is 5.71. The number of carbonyl (C=O) groups excluding carboxylic acids is 1. The molecule has 0 bridgehead atoms. The SMILES string of the molecule is CCCN(CCCC1=CCC(F)C=C1)C[C@@H]1CC2(CCC1/C=N\OC(=O)c1ccccc1)OCCO2. The van der Waals surface area contributed by atoms with Gasteiger partial charge in [0.2, 0.25) is 0 Å². The molecule has 1 heterocycles. The van der Waals surface area contributed by atoms with Crippen molar-refractivity contribution in [2.45, 2.75) is 63.8 Å². The monoisotopic (exact) mass is 498 g/mol. The molecule has 1 aromatic carbocycles. The molecule has 1 aromatic rings. The summed E-state index contributed by atoms with van der Waals surface area (Å²) in [5, 5.41) is 4.10. The van der Waals surface area contributed by atoms with Crippen molar-refractivity contribution in [3.8, 4) is 0 Å². The quantitative estimate of drug-likeness (QED) is 0.222. The number of halogens is 1. The van der Waals surface area contributed by atoms with Crippen LogP contribution < -0.4 is 0 Å². The number of nitrogens with zero attached hydrogens (tertiary/aromatic N) is 2. The second-order valence-electron chi connectivity index (χ2n) is 10.1. The van der Waals surface area contributed by atoms with Crippen molar-refractivity contribution in [2.75, 3.05) is 32.8 Å². The summed E-state index contributed by atoms with van der Waals surface area (Å²) in [5.41, 5.74) is 1.72. The van der Waals surface area contributed by atoms with Gasteiger partial charge in [0.25, 0.3) is 0 Å². The van der Waals surface area contributed by atoms with Crippen LogP contribution in [0.25, 0.3) is 0 Å². The van der Waals surface area contributed by atoms with Crippen molar-refractivity contribution in [1.29, 1.82) is 0 Å². The van der Waals surface area contributed by atoms with Crippen LogP contribution in [-0.2, 0) is 14.3 Å². The van der Waals surface area contributed by atoms with Crippen molar-refractivity contribution in [3.63, 3.8) is 0 Å². The van der Waals surface area contributed by atoms with Crippen LogP contribution in [-0.4, -0.2) is 61.9 Å². The number of oxime groups is 1. The fourth-order valence-electron chi connectivity index (χ4n) is 5.49. The topological polar surface area (TPSA) is 60.4 Å². The summed E-state index contributed by atoms with van der Waals surface area (Å²) >= 11 is 0. The van der Waals surface area contributed by atoms with Crippen LogP contribution in [0.15, 0.2) is 59.3 Å². The molecule has 1 spiro atoms. The van der Waals surface area contributed by atoms with E-state index in [0.29, 0.717) is 25.2 Å². The standard InChI is InChI=1S/C29H39FN2O4/c1-2-16-32(17-6-7-23-10-12-27(30)13-11-23)22-26-20-29(34-18-19-35-29)15-14-25(26)21-31-36-28(33)24-8-4-3-5-9-24/h3-5,8-12,21,25-27H,2,6-7,13-20,22H2,1H3/b31-21-/t25?,26-,27?/m0/s1. The molecule has 1 saturated heterocycles. The highest BCUT2D eigenvalue weighted by molar-refractivity contribution is 5.89. The molecule has 6 nitrogen and oxygen atoms in total. The molecule has 1 aliphatic heterocycles. The Morgan fingerprint density at radius 1 is 1.25 bits per heavy atom. The predicted molar refractivity (Wildman–Crippen MR) is 139 cm³/mol. The lowest BCUT2D eigenvalue weighted by molar-refractivity contribution is -0.192. The minimum absolute atomic E-state index is 0.178. The molecule has 0 radical (unpaired) electrons. The first-order chi connectivity index (χ1) is 17.6. The van der Waals surface area contributed by atoms with Crippen LogP contribution in [0.5, 0.6) is 0 Å². The zero-order chi connectivity index (χ0) is 25.2. The third-order valence-corrected chi connectivity index (χ3v) is 7.34. The fourth-order valence-corrected chi connectivity index (χ4v) is 5.49. The van der Waals surface area contributed by atoms with E-state index in [9.17, 15) is 9.18 Å². The van der Waals surface area contributed by atoms with Crippen molar-refractivity contribution in [1.82, 2.24) is 4.90 Å². The largest absolute Gasteiger partial charge is 0.365 e. The first-order valence-electron chi connectivity index (χ1n) is 13.4. The summed E-state index contributed by atoms with van der Waals surface area (Å²) < 4.78 is 25.5. The molecule has 2 fully saturated rings. The average molecular weight is 499 g/mol. The van der Waals surface area contributed by atoms with Gasteiger partial charge in [0.1, 0.15) is 6.17 Å². The van der Waals surface area contributed by atoms with E-state index in [1.54, 1.807) is 30.3 Å². The number of alkyl halides is 1. The first-order valence-corrected chi connectivity index (χ1v) is 13.4. The number of rotatable bonds is 11. The Morgan fingerprint density at radius 2 is 2.06 bits per heavy atom. The number of hydrogen-bond acceptors (Lipinski definition) is 6. The van der Waals surface area contributed by atoms with E-state index in [1.165, 1.54) is 5.57 Å². The smallest absolute Gasteiger partial charge is 0.348 e. The van der Waals surface area contributed by atoms with Gasteiger partial charge in [-0.1, -0.05) is 54.1 Å². The molecule has 7 heteroatoms. The van der Waals surface area contributed by atoms with E-state index in [0.717, 1.165) is 58.2 Å². The number of carbonyl (C=O) groups is 1. The molecular formula is C29H39FN2O4. The van der Waals surface area contributed by atoms with Gasteiger partial charge in [0, 0.05) is 37.9 Å². The Bertz CT molecular complexity index is 926. The van der Waals surface area contributed by atoms with Crippen molar-refractivity contribution >= 4 is 12.2 Å². The first kappa shape index (κ1) is 26.7. The number of ether oxygens (including phenoxy) is 2. The van der Waals surface area contributed by atoms with Gasteiger partial charge in [0.15, 0.2) is 5.79 Å². The number of hydrogen-bond donors (Lipinski definition) is 0. The Balaban J connectivity index is 1.36. The summed E-state index contributed by atoms with van der Waals surface area (Å²) in [6.07, 6.45) is 12.6. The van der Waals surface area contributed by atoms with Crippen LogP contribution in [0, 0.1) is 11.8 Å². The molecule has 0 amide bonds. The van der Waals surface area contributed by atoms with E-state index in [1.807, 2.05) is 24.4 Å². The Morgan fingerprint density at radius 3 is 2.78 bits per heavy atom. The number of allylic oxidation sites excluding steroid dienone is 4. The van der Waals surface area contributed by atoms with E-state index in [4.69, 9.17) is 14.3 Å². The lowest BCUT2D eigenvalue weighted by Gasteiger charge is -2.41. The molecule has 3 atom stereocenters. The zero-order valence-electron chi connectivity index (χ0n) is 21.3. The van der Waals surface area contributed by atoms with Crippen LogP contribution >= 0.6 is 0 Å². The Hall–Kier alpha value is -2.35. The maximum atomic E-state index is 13.4. The third-order valence-electron chi connectivity index (χ3n) is 7.34. The van der Waals surface area contributed by atoms with Crippen molar-refractivity contribution in [3.05, 3.63) is 59.7 Å². The molecule has 2 unspecified atom stereocenters. The van der Waals surface area contributed by atoms with Gasteiger partial charge in [-0.25, -0.2) is 9.18 Å². The molecule has 4 rings (SSSR count). The third kappa shape index (κ3) is 7.58. The van der Waals surface area contributed by atoms with E-state index >= 15 is 0 Å². The van der Waals surface area contributed by atoms with Crippen LogP contribution in [0.4, 0.5) is 4.39 Å². The van der Waals surface area contributed by atoms with Gasteiger partial charge in [-0.3, -0.25) is 0 Å². The molecule has 1 saturated carbocycles. The summed E-state index contributed by atoms with van der Waals surface area (Å²) in [6, 6.07) is 8.91. The van der Waals surface area contributed by atoms with E-state index in [-0.39, 0.29) is 11.8 Å². The highest BCUT2D eigenvalue weighted by atomic mass is 19.1. The summed E-state index contributed by atoms with van der Waals surface area (Å²) in [6.45, 7) is 6.39. The van der Waals surface area contributed by atoms with Gasteiger partial charge >= 0.3 is 5.97 Å². The summed E-state index contributed by atoms with van der Waals surface area (Å²) in [7, 11) is 0. The average Bonchev–Trinajstić information content (AvgIpc) is 3.34. The maximum Gasteiger partial charge on any atom is 0.365 e. The molecular weight excluding hydrogens is 459 g/mol. The Kier molecular flexibility index (Phi) is 9.84. The van der Waals surface area contributed by atoms with Gasteiger partial charge < -0.3 is 19.2 Å². The zero-order valence-corrected chi connectivity index (χ0v) is 21.3. The van der Waals surface area contributed by atoms with Crippen LogP contribution in [0.3, 0.4) is 0 Å². The van der Waals surface area contributed by atoms with Crippen molar-refractivity contribution < 1.29 is 23.5 Å². The summed E-state index contributed by atoms with van der Waals surface area (Å²) in [4.78, 5) is 20.0. The Labute approximate surface area is 214 Å². The molecule has 3 aliphatic rings. The second kappa shape index (κ2) is 13.3. The molecule has 196 valence electrons. The normalized spacial score (nSPS) is 25.5. The lowest BCUT2D eigenvalue weighted by atomic mass is 9.76. The highest BCUT2D eigenvalue weighted by Gasteiger charge is 2.45. The molecule has 2 aliphatic carbocycles. The fraction of sp³-hybridized carbons (Fsp3) is 0.586. The molecule has 36 heavy (non-hydrogen) atoms.